The third kappa shape index (κ3) is 3.83. The van der Waals surface area contributed by atoms with Gasteiger partial charge >= 0.3 is 0 Å². The molecule has 0 fully saturated rings. The molecule has 0 radical (unpaired) electrons. The Bertz CT molecular complexity index is 248. The molecule has 0 saturated heterocycles. The molecule has 1 aromatic rings. The number of hydrogen-bond donors (Lipinski definition) is 1. The Morgan fingerprint density at radius 3 is 2.77 bits per heavy atom. The highest BCUT2D eigenvalue weighted by molar-refractivity contribution is 7.98. The van der Waals surface area contributed by atoms with Gasteiger partial charge in [-0.05, 0) is 36.8 Å². The van der Waals surface area contributed by atoms with Crippen LogP contribution in [0.5, 0.6) is 0 Å². The van der Waals surface area contributed by atoms with E-state index in [4.69, 9.17) is 5.73 Å². The fourth-order valence-corrected chi connectivity index (χ4v) is 2.20. The molecule has 0 saturated carbocycles. The summed E-state index contributed by atoms with van der Waals surface area (Å²) in [5, 5.41) is 0. The molecule has 1 nitrogen and oxygen atoms in total. The van der Waals surface area contributed by atoms with E-state index in [0.717, 1.165) is 18.7 Å². The molecule has 2 heteroatoms. The molecular formula is C11H17NS. The average molecular weight is 195 g/mol. The van der Waals surface area contributed by atoms with Crippen LogP contribution in [0, 0.1) is 6.92 Å². The Kier molecular flexibility index (Phi) is 4.94. The van der Waals surface area contributed by atoms with Crippen LogP contribution in [0.1, 0.15) is 17.5 Å². The summed E-state index contributed by atoms with van der Waals surface area (Å²) in [4.78, 5) is 0. The van der Waals surface area contributed by atoms with Gasteiger partial charge in [0.1, 0.15) is 0 Å². The minimum absolute atomic E-state index is 0.806. The molecule has 0 aliphatic heterocycles. The highest BCUT2D eigenvalue weighted by Crippen LogP contribution is 2.15. The van der Waals surface area contributed by atoms with E-state index in [0.29, 0.717) is 0 Å². The normalized spacial score (nSPS) is 10.3. The average Bonchev–Trinajstić information content (AvgIpc) is 2.15. The molecule has 0 aliphatic carbocycles. The van der Waals surface area contributed by atoms with E-state index in [1.165, 1.54) is 16.9 Å². The SMILES string of the molecule is Cc1ccccc1CSCCCN. The van der Waals surface area contributed by atoms with Gasteiger partial charge in [-0.1, -0.05) is 24.3 Å². The first-order chi connectivity index (χ1) is 6.34. The van der Waals surface area contributed by atoms with Gasteiger partial charge in [-0.3, -0.25) is 0 Å². The molecule has 0 amide bonds. The number of aryl methyl sites for hydroxylation is 1. The smallest absolute Gasteiger partial charge is 0.0187 e. The Hall–Kier alpha value is -0.470. The minimum Gasteiger partial charge on any atom is -0.330 e. The number of nitrogens with two attached hydrogens (primary N) is 1. The molecule has 0 spiro atoms. The van der Waals surface area contributed by atoms with Crippen LogP contribution < -0.4 is 5.73 Å². The Labute approximate surface area is 84.7 Å². The molecule has 2 N–H and O–H groups in total. The van der Waals surface area contributed by atoms with Crippen molar-refractivity contribution in [1.29, 1.82) is 0 Å². The van der Waals surface area contributed by atoms with Crippen molar-refractivity contribution in [2.24, 2.45) is 5.73 Å². The zero-order chi connectivity index (χ0) is 9.52. The Balaban J connectivity index is 2.32. The van der Waals surface area contributed by atoms with Gasteiger partial charge in [0.05, 0.1) is 0 Å². The van der Waals surface area contributed by atoms with Gasteiger partial charge in [0, 0.05) is 5.75 Å². The molecule has 0 aromatic heterocycles. The van der Waals surface area contributed by atoms with Crippen molar-refractivity contribution in [3.05, 3.63) is 35.4 Å². The van der Waals surface area contributed by atoms with E-state index in [1.54, 1.807) is 0 Å². The van der Waals surface area contributed by atoms with Crippen LogP contribution in [-0.4, -0.2) is 12.3 Å². The van der Waals surface area contributed by atoms with Gasteiger partial charge in [0.25, 0.3) is 0 Å². The van der Waals surface area contributed by atoms with E-state index in [2.05, 4.69) is 31.2 Å². The first kappa shape index (κ1) is 10.6. The maximum Gasteiger partial charge on any atom is 0.0187 e. The predicted molar refractivity (Wildman–Crippen MR) is 61.0 cm³/mol. The lowest BCUT2D eigenvalue weighted by molar-refractivity contribution is 0.943. The fourth-order valence-electron chi connectivity index (χ4n) is 1.14. The van der Waals surface area contributed by atoms with Crippen LogP contribution in [0.4, 0.5) is 0 Å². The van der Waals surface area contributed by atoms with Gasteiger partial charge in [-0.15, -0.1) is 0 Å². The molecule has 0 bridgehead atoms. The zero-order valence-corrected chi connectivity index (χ0v) is 8.94. The molecule has 1 aromatic carbocycles. The maximum atomic E-state index is 5.42. The second-order valence-electron chi connectivity index (χ2n) is 3.12. The number of thioether (sulfide) groups is 1. The van der Waals surface area contributed by atoms with Crippen LogP contribution in [0.25, 0.3) is 0 Å². The summed E-state index contributed by atoms with van der Waals surface area (Å²) in [5.74, 6) is 2.29. The van der Waals surface area contributed by atoms with E-state index in [1.807, 2.05) is 11.8 Å². The summed E-state index contributed by atoms with van der Waals surface area (Å²) in [7, 11) is 0. The van der Waals surface area contributed by atoms with E-state index < -0.39 is 0 Å². The minimum atomic E-state index is 0.806. The highest BCUT2D eigenvalue weighted by atomic mass is 32.2. The Morgan fingerprint density at radius 2 is 2.08 bits per heavy atom. The zero-order valence-electron chi connectivity index (χ0n) is 8.12. The van der Waals surface area contributed by atoms with Crippen LogP contribution in [-0.2, 0) is 5.75 Å². The third-order valence-corrected chi connectivity index (χ3v) is 3.10. The van der Waals surface area contributed by atoms with Crippen molar-refractivity contribution >= 4 is 11.8 Å². The van der Waals surface area contributed by atoms with Crippen molar-refractivity contribution in [1.82, 2.24) is 0 Å². The molecule has 13 heavy (non-hydrogen) atoms. The first-order valence-electron chi connectivity index (χ1n) is 4.67. The van der Waals surface area contributed by atoms with E-state index in [9.17, 15) is 0 Å². The van der Waals surface area contributed by atoms with Crippen molar-refractivity contribution < 1.29 is 0 Å². The van der Waals surface area contributed by atoms with Crippen molar-refractivity contribution in [2.75, 3.05) is 12.3 Å². The lowest BCUT2D eigenvalue weighted by Crippen LogP contribution is -1.99. The predicted octanol–water partition coefficient (Wildman–Crippen LogP) is 2.58. The highest BCUT2D eigenvalue weighted by Gasteiger charge is 1.96. The standard InChI is InChI=1S/C11H17NS/c1-10-5-2-3-6-11(10)9-13-8-4-7-12/h2-3,5-6H,4,7-9,12H2,1H3. The molecule has 0 unspecified atom stereocenters. The van der Waals surface area contributed by atoms with Crippen molar-refractivity contribution in [2.45, 2.75) is 19.1 Å². The van der Waals surface area contributed by atoms with Crippen LogP contribution >= 0.6 is 11.8 Å². The van der Waals surface area contributed by atoms with E-state index >= 15 is 0 Å². The van der Waals surface area contributed by atoms with Crippen LogP contribution in [0.15, 0.2) is 24.3 Å². The summed E-state index contributed by atoms with van der Waals surface area (Å²) in [5.41, 5.74) is 8.26. The molecular weight excluding hydrogens is 178 g/mol. The topological polar surface area (TPSA) is 26.0 Å². The molecule has 0 aliphatic rings. The second kappa shape index (κ2) is 6.06. The van der Waals surface area contributed by atoms with Gasteiger partial charge in [0.15, 0.2) is 0 Å². The van der Waals surface area contributed by atoms with Gasteiger partial charge in [-0.2, -0.15) is 11.8 Å². The van der Waals surface area contributed by atoms with Gasteiger partial charge in [0.2, 0.25) is 0 Å². The summed E-state index contributed by atoms with van der Waals surface area (Å²) < 4.78 is 0. The van der Waals surface area contributed by atoms with E-state index in [-0.39, 0.29) is 0 Å². The van der Waals surface area contributed by atoms with Gasteiger partial charge in [-0.25, -0.2) is 0 Å². The first-order valence-corrected chi connectivity index (χ1v) is 5.82. The quantitative estimate of drug-likeness (QED) is 0.731. The second-order valence-corrected chi connectivity index (χ2v) is 4.23. The lowest BCUT2D eigenvalue weighted by atomic mass is 10.1. The summed E-state index contributed by atoms with van der Waals surface area (Å²) >= 11 is 1.97. The summed E-state index contributed by atoms with van der Waals surface area (Å²) in [6.45, 7) is 2.97. The van der Waals surface area contributed by atoms with Crippen molar-refractivity contribution in [3.8, 4) is 0 Å². The number of rotatable bonds is 5. The summed E-state index contributed by atoms with van der Waals surface area (Å²) in [6.07, 6.45) is 1.12. The monoisotopic (exact) mass is 195 g/mol. The molecule has 0 atom stereocenters. The van der Waals surface area contributed by atoms with Crippen LogP contribution in [0.3, 0.4) is 0 Å². The molecule has 0 heterocycles. The Morgan fingerprint density at radius 1 is 1.31 bits per heavy atom. The van der Waals surface area contributed by atoms with Gasteiger partial charge < -0.3 is 5.73 Å². The van der Waals surface area contributed by atoms with Crippen LogP contribution in [0.2, 0.25) is 0 Å². The lowest BCUT2D eigenvalue weighted by Gasteiger charge is -2.04. The number of benzene rings is 1. The molecule has 1 rings (SSSR count). The number of hydrogen-bond acceptors (Lipinski definition) is 2. The summed E-state index contributed by atoms with van der Waals surface area (Å²) in [6, 6.07) is 8.55. The maximum absolute atomic E-state index is 5.42. The fraction of sp³-hybridized carbons (Fsp3) is 0.455. The molecule has 72 valence electrons. The van der Waals surface area contributed by atoms with Crippen molar-refractivity contribution in [3.63, 3.8) is 0 Å². The third-order valence-electron chi connectivity index (χ3n) is 2.01. The largest absolute Gasteiger partial charge is 0.330 e.